The third kappa shape index (κ3) is 9.06. The van der Waals surface area contributed by atoms with E-state index in [-0.39, 0.29) is 24.1 Å². The van der Waals surface area contributed by atoms with Gasteiger partial charge in [0.25, 0.3) is 0 Å². The molecule has 1 amide bonds. The molecule has 34 heavy (non-hydrogen) atoms. The van der Waals surface area contributed by atoms with Crippen molar-refractivity contribution in [2.24, 2.45) is 22.6 Å². The van der Waals surface area contributed by atoms with Gasteiger partial charge in [-0.05, 0) is 59.5 Å². The van der Waals surface area contributed by atoms with Crippen LogP contribution in [0.3, 0.4) is 0 Å². The lowest BCUT2D eigenvalue weighted by atomic mass is 9.82. The average Bonchev–Trinajstić information content (AvgIpc) is 2.74. The quantitative estimate of drug-likeness (QED) is 0.216. The normalized spacial score (nSPS) is 20.6. The van der Waals surface area contributed by atoms with Gasteiger partial charge in [0.1, 0.15) is 12.0 Å². The third-order valence-corrected chi connectivity index (χ3v) is 5.84. The topological polar surface area (TPSA) is 92.0 Å². The highest BCUT2D eigenvalue weighted by molar-refractivity contribution is 5.99. The smallest absolute Gasteiger partial charge is 0.224 e. The second-order valence-electron chi connectivity index (χ2n) is 9.40. The van der Waals surface area contributed by atoms with Gasteiger partial charge in [0.2, 0.25) is 5.91 Å². The number of hydrogen-bond acceptors (Lipinski definition) is 5. The molecule has 0 aromatic rings. The largest absolute Gasteiger partial charge is 0.496 e. The minimum absolute atomic E-state index is 0.000317. The van der Waals surface area contributed by atoms with Crippen LogP contribution in [0.15, 0.2) is 52.8 Å². The molecule has 1 aliphatic rings. The van der Waals surface area contributed by atoms with E-state index in [1.54, 1.807) is 25.3 Å². The third-order valence-electron chi connectivity index (χ3n) is 5.84. The van der Waals surface area contributed by atoms with Crippen LogP contribution in [0.5, 0.6) is 0 Å². The molecule has 0 heterocycles. The standard InChI is InChI=1S/C26H44FN5O2/c1-16(2)34-17(3)13-22(25(28)33)18(4)24(29-6)19(5)26(30-7)31-23(15-32(8)9)20-11-10-12-21(27)14-20/h10-13,16,18,21-24,29H,5,14-15H2,1-4,6-9H3,(H2,28,33)(H,30,31). The number of hydrogen-bond donors (Lipinski definition) is 3. The molecule has 7 nitrogen and oxygen atoms in total. The Morgan fingerprint density at radius 1 is 1.41 bits per heavy atom. The molecule has 1 rings (SSSR count). The zero-order chi connectivity index (χ0) is 26.0. The van der Waals surface area contributed by atoms with E-state index >= 15 is 0 Å². The number of carbonyl (C=O) groups is 1. The van der Waals surface area contributed by atoms with E-state index in [0.29, 0.717) is 30.1 Å². The highest BCUT2D eigenvalue weighted by atomic mass is 19.1. The number of amidine groups is 1. The van der Waals surface area contributed by atoms with Crippen molar-refractivity contribution in [3.05, 3.63) is 47.8 Å². The second kappa shape index (κ2) is 14.1. The summed E-state index contributed by atoms with van der Waals surface area (Å²) in [7, 11) is 7.46. The van der Waals surface area contributed by atoms with Gasteiger partial charge in [0.15, 0.2) is 0 Å². The SMILES string of the molecule is C=C(C(=NC)NC(CN(C)C)C1=CC=CC(F)C1)C(NC)C(C)C(C=C(C)OC(C)C)C(N)=O. The van der Waals surface area contributed by atoms with Gasteiger partial charge in [-0.1, -0.05) is 31.7 Å². The van der Waals surface area contributed by atoms with Crippen molar-refractivity contribution in [1.29, 1.82) is 0 Å². The van der Waals surface area contributed by atoms with Gasteiger partial charge in [-0.15, -0.1) is 0 Å². The van der Waals surface area contributed by atoms with Crippen LogP contribution in [0.4, 0.5) is 4.39 Å². The van der Waals surface area contributed by atoms with Crippen LogP contribution in [-0.2, 0) is 9.53 Å². The molecule has 4 N–H and O–H groups in total. The van der Waals surface area contributed by atoms with E-state index in [2.05, 4.69) is 22.2 Å². The van der Waals surface area contributed by atoms with Crippen molar-refractivity contribution in [2.75, 3.05) is 34.7 Å². The summed E-state index contributed by atoms with van der Waals surface area (Å²) in [6.07, 6.45) is 6.38. The van der Waals surface area contributed by atoms with Crippen LogP contribution in [0.25, 0.3) is 0 Å². The minimum atomic E-state index is -0.999. The Morgan fingerprint density at radius 2 is 2.06 bits per heavy atom. The number of primary amides is 1. The van der Waals surface area contributed by atoms with E-state index in [1.807, 2.05) is 59.8 Å². The number of halogens is 1. The van der Waals surface area contributed by atoms with Crippen molar-refractivity contribution in [1.82, 2.24) is 15.5 Å². The Labute approximate surface area is 205 Å². The number of carbonyl (C=O) groups excluding carboxylic acids is 1. The predicted molar refractivity (Wildman–Crippen MR) is 139 cm³/mol. The highest BCUT2D eigenvalue weighted by Gasteiger charge is 2.32. The second-order valence-corrected chi connectivity index (χ2v) is 9.40. The predicted octanol–water partition coefficient (Wildman–Crippen LogP) is 2.97. The van der Waals surface area contributed by atoms with Gasteiger partial charge in [-0.3, -0.25) is 9.79 Å². The Bertz CT molecular complexity index is 816. The molecule has 0 aromatic carbocycles. The molecular weight excluding hydrogens is 433 g/mol. The van der Waals surface area contributed by atoms with E-state index in [9.17, 15) is 9.18 Å². The number of nitrogens with zero attached hydrogens (tertiary/aromatic N) is 2. The zero-order valence-corrected chi connectivity index (χ0v) is 22.1. The fraction of sp³-hybridized carbons (Fsp3) is 0.615. The summed E-state index contributed by atoms with van der Waals surface area (Å²) in [5.74, 6) is 0.0264. The van der Waals surface area contributed by atoms with Crippen molar-refractivity contribution < 1.29 is 13.9 Å². The van der Waals surface area contributed by atoms with Gasteiger partial charge >= 0.3 is 0 Å². The van der Waals surface area contributed by atoms with Crippen LogP contribution < -0.4 is 16.4 Å². The molecule has 1 aliphatic carbocycles. The molecule has 0 saturated carbocycles. The average molecular weight is 478 g/mol. The molecule has 0 bridgehead atoms. The van der Waals surface area contributed by atoms with Gasteiger partial charge in [-0.25, -0.2) is 4.39 Å². The van der Waals surface area contributed by atoms with E-state index in [1.165, 1.54) is 0 Å². The lowest BCUT2D eigenvalue weighted by molar-refractivity contribution is -0.121. The maximum atomic E-state index is 14.1. The van der Waals surface area contributed by atoms with Crippen LogP contribution in [0.1, 0.15) is 34.1 Å². The Balaban J connectivity index is 3.17. The van der Waals surface area contributed by atoms with Crippen LogP contribution in [0, 0.1) is 11.8 Å². The minimum Gasteiger partial charge on any atom is -0.496 e. The van der Waals surface area contributed by atoms with Gasteiger partial charge in [-0.2, -0.15) is 0 Å². The fourth-order valence-corrected chi connectivity index (χ4v) is 4.27. The molecule has 0 saturated heterocycles. The summed E-state index contributed by atoms with van der Waals surface area (Å²) in [6, 6.07) is -0.434. The van der Waals surface area contributed by atoms with Gasteiger partial charge < -0.3 is 26.0 Å². The number of nitrogens with one attached hydrogen (secondary N) is 2. The molecule has 0 aliphatic heterocycles. The van der Waals surface area contributed by atoms with E-state index in [0.717, 1.165) is 5.57 Å². The molecule has 5 unspecified atom stereocenters. The summed E-state index contributed by atoms with van der Waals surface area (Å²) in [4.78, 5) is 18.8. The molecule has 0 radical (unpaired) electrons. The number of alkyl halides is 1. The van der Waals surface area contributed by atoms with Crippen molar-refractivity contribution >= 4 is 11.7 Å². The number of nitrogens with two attached hydrogens (primary N) is 1. The van der Waals surface area contributed by atoms with Gasteiger partial charge in [0.05, 0.1) is 23.8 Å². The first kappa shape index (κ1) is 29.6. The first-order valence-electron chi connectivity index (χ1n) is 11.8. The van der Waals surface area contributed by atoms with Crippen LogP contribution in [-0.4, -0.2) is 75.7 Å². The van der Waals surface area contributed by atoms with Gasteiger partial charge in [0, 0.05) is 31.6 Å². The zero-order valence-electron chi connectivity index (χ0n) is 22.1. The molecule has 192 valence electrons. The summed E-state index contributed by atoms with van der Waals surface area (Å²) >= 11 is 0. The number of rotatable bonds is 13. The Kier molecular flexibility index (Phi) is 12.2. The molecule has 5 atom stereocenters. The monoisotopic (exact) mass is 477 g/mol. The van der Waals surface area contributed by atoms with Crippen LogP contribution >= 0.6 is 0 Å². The number of allylic oxidation sites excluding steroid dienone is 4. The first-order valence-corrected chi connectivity index (χ1v) is 11.8. The summed E-state index contributed by atoms with van der Waals surface area (Å²) < 4.78 is 19.8. The molecule has 0 spiro atoms. The molecular formula is C26H44FN5O2. The Hall–Kier alpha value is -2.45. The molecule has 8 heteroatoms. The highest BCUT2D eigenvalue weighted by Crippen LogP contribution is 2.25. The number of amides is 1. The fourth-order valence-electron chi connectivity index (χ4n) is 4.27. The molecule has 0 aromatic heterocycles. The van der Waals surface area contributed by atoms with Crippen LogP contribution in [0.2, 0.25) is 0 Å². The number of likely N-dealkylation sites (N-methyl/N-ethyl adjacent to an activating group) is 2. The van der Waals surface area contributed by atoms with Crippen molar-refractivity contribution in [2.45, 2.75) is 58.5 Å². The summed E-state index contributed by atoms with van der Waals surface area (Å²) in [6.45, 7) is 12.6. The van der Waals surface area contributed by atoms with Crippen molar-refractivity contribution in [3.63, 3.8) is 0 Å². The number of aliphatic imine (C=N–C) groups is 1. The summed E-state index contributed by atoms with van der Waals surface area (Å²) in [5.41, 5.74) is 7.43. The maximum Gasteiger partial charge on any atom is 0.224 e. The van der Waals surface area contributed by atoms with E-state index in [4.69, 9.17) is 10.5 Å². The summed E-state index contributed by atoms with van der Waals surface area (Å²) in [5, 5.41) is 6.75. The lowest BCUT2D eigenvalue weighted by Crippen LogP contribution is -2.49. The Morgan fingerprint density at radius 3 is 2.53 bits per heavy atom. The van der Waals surface area contributed by atoms with E-state index < -0.39 is 18.0 Å². The van der Waals surface area contributed by atoms with Crippen molar-refractivity contribution in [3.8, 4) is 0 Å². The first-order chi connectivity index (χ1) is 15.9. The lowest BCUT2D eigenvalue weighted by Gasteiger charge is -2.33. The molecule has 0 fully saturated rings. The maximum absolute atomic E-state index is 14.1. The number of ether oxygens (including phenoxy) is 1.